The molecule has 8 heteroatoms. The molecule has 0 atom stereocenters. The molecule has 41 heavy (non-hydrogen) atoms. The number of carbonyl (C=O) groups is 2. The number of aromatic nitrogens is 1. The van der Waals surface area contributed by atoms with E-state index in [9.17, 15) is 14.0 Å². The normalized spacial score (nSPS) is 10.9. The molecule has 0 fully saturated rings. The van der Waals surface area contributed by atoms with Crippen molar-refractivity contribution in [2.75, 3.05) is 13.6 Å². The summed E-state index contributed by atoms with van der Waals surface area (Å²) in [6, 6.07) is 18.5. The quantitative estimate of drug-likeness (QED) is 0.210. The third kappa shape index (κ3) is 5.56. The maximum absolute atomic E-state index is 13.6. The molecule has 0 saturated heterocycles. The van der Waals surface area contributed by atoms with Crippen molar-refractivity contribution in [1.82, 2.24) is 15.6 Å². The van der Waals surface area contributed by atoms with Crippen LogP contribution in [-0.4, -0.2) is 30.4 Å². The number of fused-ring (bicyclic) bond motifs is 1. The number of hydrogen-bond donors (Lipinski definition) is 2. The molecule has 0 radical (unpaired) electrons. The maximum Gasteiger partial charge on any atom is 0.255 e. The van der Waals surface area contributed by atoms with E-state index in [4.69, 9.17) is 11.0 Å². The van der Waals surface area contributed by atoms with Gasteiger partial charge in [-0.2, -0.15) is 0 Å². The van der Waals surface area contributed by atoms with Gasteiger partial charge in [0, 0.05) is 42.5 Å². The van der Waals surface area contributed by atoms with Gasteiger partial charge in [0.05, 0.1) is 12.1 Å². The largest absolute Gasteiger partial charge is 0.455 e. The second-order valence-electron chi connectivity index (χ2n) is 10.0. The smallest absolute Gasteiger partial charge is 0.255 e. The number of halogens is 1. The molecule has 7 nitrogen and oxygen atoms in total. The Kier molecular flexibility index (Phi) is 7.61. The van der Waals surface area contributed by atoms with Gasteiger partial charge >= 0.3 is 0 Å². The van der Waals surface area contributed by atoms with E-state index in [0.29, 0.717) is 56.8 Å². The van der Waals surface area contributed by atoms with Crippen LogP contribution in [0.1, 0.15) is 34.6 Å². The molecule has 2 N–H and O–H groups in total. The minimum absolute atomic E-state index is 0.238. The molecule has 0 bridgehead atoms. The zero-order valence-corrected chi connectivity index (χ0v) is 22.8. The number of nitrogens with one attached hydrogen (secondary N) is 2. The van der Waals surface area contributed by atoms with E-state index in [1.165, 1.54) is 25.4 Å². The van der Waals surface area contributed by atoms with Crippen molar-refractivity contribution < 1.29 is 18.4 Å². The zero-order chi connectivity index (χ0) is 29.1. The maximum atomic E-state index is 13.6. The molecule has 204 valence electrons. The number of rotatable bonds is 7. The summed E-state index contributed by atoms with van der Waals surface area (Å²) in [6.45, 7) is 11.9. The van der Waals surface area contributed by atoms with Crippen LogP contribution < -0.4 is 10.6 Å². The fourth-order valence-corrected chi connectivity index (χ4v) is 4.62. The summed E-state index contributed by atoms with van der Waals surface area (Å²) in [5.74, 6) is -0.358. The predicted molar refractivity (Wildman–Crippen MR) is 157 cm³/mol. The first-order chi connectivity index (χ1) is 19.8. The SMILES string of the molecule is [C-]#[N+]c1cncc(-c2ccc(-c3ccc4oc(-c5ccc(F)cc5)c(C(=O)NC)c4c3)cc2C(=O)NCC(C)C)c1. The van der Waals surface area contributed by atoms with Crippen LogP contribution in [0.3, 0.4) is 0 Å². The number of benzene rings is 3. The standard InChI is InChI=1S/C33H27FN4O3/c1-19(2)16-38-32(39)27-14-21(7-11-26(27)23-13-25(35-3)18-37-17-23)22-8-12-29-28(15-22)30(33(40)36-4)31(41-29)20-5-9-24(34)10-6-20/h5-15,17-19H,16H2,1-2,4H3,(H,36,40)(H,38,39). The minimum atomic E-state index is -0.387. The number of pyridine rings is 1. The van der Waals surface area contributed by atoms with Gasteiger partial charge in [-0.05, 0) is 76.7 Å². The molecule has 2 amide bonds. The molecule has 3 aromatic carbocycles. The lowest BCUT2D eigenvalue weighted by atomic mass is 9.94. The molecule has 5 rings (SSSR count). The van der Waals surface area contributed by atoms with E-state index in [2.05, 4.69) is 20.5 Å². The number of furan rings is 1. The molecule has 0 unspecified atom stereocenters. The van der Waals surface area contributed by atoms with Crippen LogP contribution >= 0.6 is 0 Å². The molecule has 0 spiro atoms. The van der Waals surface area contributed by atoms with Crippen LogP contribution in [0, 0.1) is 18.3 Å². The lowest BCUT2D eigenvalue weighted by Crippen LogP contribution is -2.27. The van der Waals surface area contributed by atoms with Crippen molar-refractivity contribution in [3.63, 3.8) is 0 Å². The second-order valence-corrected chi connectivity index (χ2v) is 10.0. The van der Waals surface area contributed by atoms with Gasteiger partial charge in [-0.25, -0.2) is 9.24 Å². The van der Waals surface area contributed by atoms with Crippen LogP contribution in [-0.2, 0) is 0 Å². The van der Waals surface area contributed by atoms with Crippen molar-refractivity contribution in [1.29, 1.82) is 0 Å². The first-order valence-electron chi connectivity index (χ1n) is 13.1. The molecule has 0 saturated carbocycles. The molecule has 2 aromatic heterocycles. The summed E-state index contributed by atoms with van der Waals surface area (Å²) in [4.78, 5) is 34.0. The van der Waals surface area contributed by atoms with Crippen molar-refractivity contribution in [2.24, 2.45) is 5.92 Å². The average molecular weight is 547 g/mol. The summed E-state index contributed by atoms with van der Waals surface area (Å²) >= 11 is 0. The van der Waals surface area contributed by atoms with E-state index >= 15 is 0 Å². The van der Waals surface area contributed by atoms with Gasteiger partial charge in [0.15, 0.2) is 0 Å². The molecular formula is C33H27FN4O3. The van der Waals surface area contributed by atoms with E-state index in [1.807, 2.05) is 38.1 Å². The lowest BCUT2D eigenvalue weighted by Gasteiger charge is -2.14. The third-order valence-electron chi connectivity index (χ3n) is 6.68. The summed E-state index contributed by atoms with van der Waals surface area (Å²) in [7, 11) is 1.54. The molecular weight excluding hydrogens is 519 g/mol. The molecule has 0 aliphatic carbocycles. The number of nitrogens with zero attached hydrogens (tertiary/aromatic N) is 2. The summed E-state index contributed by atoms with van der Waals surface area (Å²) in [6.07, 6.45) is 3.11. The topological polar surface area (TPSA) is 88.6 Å². The lowest BCUT2D eigenvalue weighted by molar-refractivity contribution is 0.0946. The van der Waals surface area contributed by atoms with Gasteiger partial charge in [-0.15, -0.1) is 0 Å². The van der Waals surface area contributed by atoms with E-state index in [1.54, 1.807) is 36.5 Å². The monoisotopic (exact) mass is 546 g/mol. The van der Waals surface area contributed by atoms with Gasteiger partial charge in [0.2, 0.25) is 5.69 Å². The Morgan fingerprint density at radius 2 is 1.63 bits per heavy atom. The molecule has 2 heterocycles. The summed E-state index contributed by atoms with van der Waals surface area (Å²) < 4.78 is 19.6. The Labute approximate surface area is 236 Å². The van der Waals surface area contributed by atoms with E-state index < -0.39 is 0 Å². The van der Waals surface area contributed by atoms with Crippen molar-refractivity contribution in [3.05, 3.63) is 107 Å². The fourth-order valence-electron chi connectivity index (χ4n) is 4.62. The van der Waals surface area contributed by atoms with Gasteiger partial charge < -0.3 is 15.1 Å². The van der Waals surface area contributed by atoms with Crippen LogP contribution in [0.2, 0.25) is 0 Å². The van der Waals surface area contributed by atoms with Crippen LogP contribution in [0.5, 0.6) is 0 Å². The Bertz CT molecular complexity index is 1820. The van der Waals surface area contributed by atoms with Crippen LogP contribution in [0.15, 0.2) is 83.5 Å². The van der Waals surface area contributed by atoms with Crippen LogP contribution in [0.25, 0.3) is 49.4 Å². The predicted octanol–water partition coefficient (Wildman–Crippen LogP) is 7.26. The highest BCUT2D eigenvalue weighted by atomic mass is 19.1. The summed E-state index contributed by atoms with van der Waals surface area (Å²) in [5, 5.41) is 6.25. The van der Waals surface area contributed by atoms with Crippen LogP contribution in [0.4, 0.5) is 10.1 Å². The number of hydrogen-bond acceptors (Lipinski definition) is 4. The highest BCUT2D eigenvalue weighted by molar-refractivity contribution is 6.12. The first kappa shape index (κ1) is 27.3. The molecule has 5 aromatic rings. The Morgan fingerprint density at radius 1 is 0.927 bits per heavy atom. The highest BCUT2D eigenvalue weighted by Crippen LogP contribution is 2.37. The Balaban J connectivity index is 1.65. The molecule has 0 aliphatic rings. The number of carbonyl (C=O) groups excluding carboxylic acids is 2. The van der Waals surface area contributed by atoms with Crippen molar-refractivity contribution in [2.45, 2.75) is 13.8 Å². The fraction of sp³-hybridized carbons (Fsp3) is 0.152. The molecule has 0 aliphatic heterocycles. The Morgan fingerprint density at radius 3 is 2.34 bits per heavy atom. The van der Waals surface area contributed by atoms with Gasteiger partial charge in [0.1, 0.15) is 17.2 Å². The third-order valence-corrected chi connectivity index (χ3v) is 6.68. The second kappa shape index (κ2) is 11.4. The Hall–Kier alpha value is -5.29. The average Bonchev–Trinajstić information content (AvgIpc) is 3.38. The first-order valence-corrected chi connectivity index (χ1v) is 13.1. The van der Waals surface area contributed by atoms with Gasteiger partial charge in [-0.3, -0.25) is 14.6 Å². The number of amides is 2. The zero-order valence-electron chi connectivity index (χ0n) is 22.8. The minimum Gasteiger partial charge on any atom is -0.455 e. The summed E-state index contributed by atoms with van der Waals surface area (Å²) in [5.41, 5.74) is 5.08. The van der Waals surface area contributed by atoms with Crippen molar-refractivity contribution in [3.8, 4) is 33.6 Å². The van der Waals surface area contributed by atoms with Crippen molar-refractivity contribution >= 4 is 28.5 Å². The van der Waals surface area contributed by atoms with E-state index in [-0.39, 0.29) is 23.5 Å². The van der Waals surface area contributed by atoms with Gasteiger partial charge in [0.25, 0.3) is 11.8 Å². The van der Waals surface area contributed by atoms with Gasteiger partial charge in [-0.1, -0.05) is 32.0 Å². The van der Waals surface area contributed by atoms with E-state index in [0.717, 1.165) is 11.1 Å². The highest BCUT2D eigenvalue weighted by Gasteiger charge is 2.23.